The lowest BCUT2D eigenvalue weighted by Gasteiger charge is -2.11. The fourth-order valence-electron chi connectivity index (χ4n) is 1.74. The number of nitrogens with one attached hydrogen (secondary N) is 2. The summed E-state index contributed by atoms with van der Waals surface area (Å²) in [6.07, 6.45) is 2.83. The fourth-order valence-corrected chi connectivity index (χ4v) is 3.51. The summed E-state index contributed by atoms with van der Waals surface area (Å²) < 4.78 is 47.5. The highest BCUT2D eigenvalue weighted by Gasteiger charge is 2.15. The van der Waals surface area contributed by atoms with Crippen LogP contribution in [0.5, 0.6) is 0 Å². The SMILES string of the molecule is CS(=O)(=O)NCCCNCc1c(Cl)cccc1S(C)(=O)=O. The van der Waals surface area contributed by atoms with E-state index in [1.54, 1.807) is 12.1 Å². The highest BCUT2D eigenvalue weighted by molar-refractivity contribution is 7.90. The van der Waals surface area contributed by atoms with Gasteiger partial charge in [0, 0.05) is 29.9 Å². The van der Waals surface area contributed by atoms with E-state index in [-0.39, 0.29) is 4.90 Å². The predicted molar refractivity (Wildman–Crippen MR) is 83.7 cm³/mol. The van der Waals surface area contributed by atoms with E-state index < -0.39 is 19.9 Å². The van der Waals surface area contributed by atoms with Crippen LogP contribution >= 0.6 is 11.6 Å². The number of sulfone groups is 1. The minimum Gasteiger partial charge on any atom is -0.313 e. The van der Waals surface area contributed by atoms with Crippen LogP contribution in [0.1, 0.15) is 12.0 Å². The van der Waals surface area contributed by atoms with E-state index in [2.05, 4.69) is 10.0 Å². The molecule has 120 valence electrons. The molecule has 0 aromatic heterocycles. The summed E-state index contributed by atoms with van der Waals surface area (Å²) in [5.41, 5.74) is 0.526. The van der Waals surface area contributed by atoms with Crippen molar-refractivity contribution in [2.75, 3.05) is 25.6 Å². The molecule has 0 saturated heterocycles. The van der Waals surface area contributed by atoms with Crippen molar-refractivity contribution in [3.63, 3.8) is 0 Å². The molecule has 21 heavy (non-hydrogen) atoms. The standard InChI is InChI=1S/C12H19ClN2O4S2/c1-20(16,17)12-6-3-5-11(13)10(12)9-14-7-4-8-15-21(2,18)19/h3,5-6,14-15H,4,7-9H2,1-2H3. The second kappa shape index (κ2) is 7.55. The van der Waals surface area contributed by atoms with Gasteiger partial charge in [-0.15, -0.1) is 0 Å². The second-order valence-electron chi connectivity index (χ2n) is 4.69. The highest BCUT2D eigenvalue weighted by atomic mass is 35.5. The fraction of sp³-hybridized carbons (Fsp3) is 0.500. The Bertz CT molecular complexity index is 687. The zero-order valence-corrected chi connectivity index (χ0v) is 14.3. The lowest BCUT2D eigenvalue weighted by atomic mass is 10.2. The maximum atomic E-state index is 11.7. The van der Waals surface area contributed by atoms with Crippen molar-refractivity contribution in [1.29, 1.82) is 0 Å². The van der Waals surface area contributed by atoms with E-state index in [1.165, 1.54) is 6.07 Å². The van der Waals surface area contributed by atoms with Crippen molar-refractivity contribution < 1.29 is 16.8 Å². The van der Waals surface area contributed by atoms with Gasteiger partial charge in [-0.3, -0.25) is 0 Å². The van der Waals surface area contributed by atoms with Gasteiger partial charge in [0.25, 0.3) is 0 Å². The third-order valence-electron chi connectivity index (χ3n) is 2.67. The number of rotatable bonds is 8. The highest BCUT2D eigenvalue weighted by Crippen LogP contribution is 2.23. The van der Waals surface area contributed by atoms with Gasteiger partial charge in [0.15, 0.2) is 9.84 Å². The van der Waals surface area contributed by atoms with Gasteiger partial charge in [-0.1, -0.05) is 17.7 Å². The summed E-state index contributed by atoms with van der Waals surface area (Å²) in [6.45, 7) is 1.17. The molecule has 0 fully saturated rings. The average Bonchev–Trinajstić information content (AvgIpc) is 2.32. The Balaban J connectivity index is 2.57. The minimum atomic E-state index is -3.34. The van der Waals surface area contributed by atoms with Gasteiger partial charge >= 0.3 is 0 Å². The maximum absolute atomic E-state index is 11.7. The van der Waals surface area contributed by atoms with E-state index in [4.69, 9.17) is 11.6 Å². The molecule has 0 aliphatic heterocycles. The first-order chi connectivity index (χ1) is 9.61. The number of halogens is 1. The smallest absolute Gasteiger partial charge is 0.208 e. The van der Waals surface area contributed by atoms with Crippen LogP contribution < -0.4 is 10.0 Å². The van der Waals surface area contributed by atoms with Crippen molar-refractivity contribution >= 4 is 31.5 Å². The number of benzene rings is 1. The molecule has 0 amide bonds. The van der Waals surface area contributed by atoms with E-state index in [0.717, 1.165) is 12.5 Å². The molecule has 0 saturated carbocycles. The minimum absolute atomic E-state index is 0.205. The molecule has 0 atom stereocenters. The first-order valence-electron chi connectivity index (χ1n) is 6.24. The van der Waals surface area contributed by atoms with Gasteiger partial charge in [-0.05, 0) is 25.1 Å². The Morgan fingerprint density at radius 1 is 1.10 bits per heavy atom. The van der Waals surface area contributed by atoms with Gasteiger partial charge in [0.1, 0.15) is 0 Å². The molecule has 0 spiro atoms. The molecule has 0 aliphatic carbocycles. The third kappa shape index (κ3) is 6.75. The van der Waals surface area contributed by atoms with Crippen molar-refractivity contribution in [3.8, 4) is 0 Å². The van der Waals surface area contributed by atoms with Crippen molar-refractivity contribution in [2.24, 2.45) is 0 Å². The first kappa shape index (κ1) is 18.4. The normalized spacial score (nSPS) is 12.5. The van der Waals surface area contributed by atoms with Gasteiger partial charge in [0.05, 0.1) is 11.2 Å². The average molecular weight is 355 g/mol. The monoisotopic (exact) mass is 354 g/mol. The van der Waals surface area contributed by atoms with Crippen LogP contribution in [0.4, 0.5) is 0 Å². The van der Waals surface area contributed by atoms with Crippen LogP contribution in [-0.4, -0.2) is 42.4 Å². The van der Waals surface area contributed by atoms with Crippen LogP contribution in [0.25, 0.3) is 0 Å². The van der Waals surface area contributed by atoms with Crippen LogP contribution in [0.3, 0.4) is 0 Å². The summed E-state index contributed by atoms with van der Waals surface area (Å²) in [6, 6.07) is 4.75. The molecule has 0 bridgehead atoms. The second-order valence-corrected chi connectivity index (χ2v) is 8.91. The summed E-state index contributed by atoms with van der Waals surface area (Å²) in [5, 5.41) is 3.45. The van der Waals surface area contributed by atoms with Gasteiger partial charge in [-0.2, -0.15) is 0 Å². The summed E-state index contributed by atoms with van der Waals surface area (Å²) in [5.74, 6) is 0. The van der Waals surface area contributed by atoms with E-state index in [0.29, 0.717) is 36.6 Å². The Hall–Kier alpha value is -0.670. The Labute approximate surface area is 130 Å². The zero-order valence-electron chi connectivity index (χ0n) is 11.9. The number of sulfonamides is 1. The Morgan fingerprint density at radius 2 is 1.76 bits per heavy atom. The van der Waals surface area contributed by atoms with Crippen molar-refractivity contribution in [2.45, 2.75) is 17.9 Å². The molecule has 1 aromatic rings. The molecule has 0 unspecified atom stereocenters. The molecule has 9 heteroatoms. The van der Waals surface area contributed by atoms with Crippen LogP contribution in [0.2, 0.25) is 5.02 Å². The zero-order chi connectivity index (χ0) is 16.1. The molecular weight excluding hydrogens is 336 g/mol. The van der Waals surface area contributed by atoms with E-state index >= 15 is 0 Å². The third-order valence-corrected chi connectivity index (χ3v) is 4.94. The van der Waals surface area contributed by atoms with Gasteiger partial charge in [-0.25, -0.2) is 21.6 Å². The van der Waals surface area contributed by atoms with Crippen molar-refractivity contribution in [1.82, 2.24) is 10.0 Å². The first-order valence-corrected chi connectivity index (χ1v) is 10.4. The predicted octanol–water partition coefficient (Wildman–Crippen LogP) is 0.772. The van der Waals surface area contributed by atoms with Crippen molar-refractivity contribution in [3.05, 3.63) is 28.8 Å². The summed E-state index contributed by atoms with van der Waals surface area (Å²) in [7, 11) is -6.51. The molecule has 0 heterocycles. The summed E-state index contributed by atoms with van der Waals surface area (Å²) in [4.78, 5) is 0.205. The summed E-state index contributed by atoms with van der Waals surface area (Å²) >= 11 is 6.04. The quantitative estimate of drug-likeness (QED) is 0.673. The molecule has 0 aliphatic rings. The van der Waals surface area contributed by atoms with Gasteiger partial charge in [0.2, 0.25) is 10.0 Å². The van der Waals surface area contributed by atoms with Crippen LogP contribution in [0, 0.1) is 0 Å². The molecule has 2 N–H and O–H groups in total. The number of hydrogen-bond donors (Lipinski definition) is 2. The van der Waals surface area contributed by atoms with Gasteiger partial charge < -0.3 is 5.32 Å². The van der Waals surface area contributed by atoms with Crippen LogP contribution in [0.15, 0.2) is 23.1 Å². The molecule has 6 nitrogen and oxygen atoms in total. The topological polar surface area (TPSA) is 92.3 Å². The molecular formula is C12H19ClN2O4S2. The molecule has 1 aromatic carbocycles. The van der Waals surface area contributed by atoms with E-state index in [1.807, 2.05) is 0 Å². The van der Waals surface area contributed by atoms with Crippen LogP contribution in [-0.2, 0) is 26.4 Å². The Kier molecular flexibility index (Phi) is 6.61. The largest absolute Gasteiger partial charge is 0.313 e. The lowest BCUT2D eigenvalue weighted by molar-refractivity contribution is 0.577. The maximum Gasteiger partial charge on any atom is 0.208 e. The molecule has 1 rings (SSSR count). The Morgan fingerprint density at radius 3 is 2.33 bits per heavy atom. The lowest BCUT2D eigenvalue weighted by Crippen LogP contribution is -2.26. The molecule has 0 radical (unpaired) electrons. The van der Waals surface area contributed by atoms with E-state index in [9.17, 15) is 16.8 Å². The number of hydrogen-bond acceptors (Lipinski definition) is 5.